The second kappa shape index (κ2) is 5.93. The summed E-state index contributed by atoms with van der Waals surface area (Å²) >= 11 is 0. The molecule has 0 unspecified atom stereocenters. The maximum Gasteiger partial charge on any atom is 0.337 e. The SMILES string of the molecule is COC(=O)c1ccc(S(=O)(=O)N2CCCC[C@H]2C)cc1. The summed E-state index contributed by atoms with van der Waals surface area (Å²) in [6, 6.07) is 5.90. The normalized spacial score (nSPS) is 20.6. The van der Waals surface area contributed by atoms with Gasteiger partial charge < -0.3 is 4.74 Å². The fraction of sp³-hybridized carbons (Fsp3) is 0.500. The molecule has 0 bridgehead atoms. The van der Waals surface area contributed by atoms with E-state index in [4.69, 9.17) is 0 Å². The number of carbonyl (C=O) groups is 1. The van der Waals surface area contributed by atoms with Crippen LogP contribution in [0.3, 0.4) is 0 Å². The van der Waals surface area contributed by atoms with E-state index in [0.29, 0.717) is 12.1 Å². The molecule has 1 heterocycles. The van der Waals surface area contributed by atoms with Crippen LogP contribution < -0.4 is 0 Å². The summed E-state index contributed by atoms with van der Waals surface area (Å²) in [6.45, 7) is 2.49. The van der Waals surface area contributed by atoms with Gasteiger partial charge in [-0.2, -0.15) is 4.31 Å². The van der Waals surface area contributed by atoms with E-state index in [2.05, 4.69) is 4.74 Å². The van der Waals surface area contributed by atoms with Crippen molar-refractivity contribution in [1.82, 2.24) is 4.31 Å². The average molecular weight is 297 g/mol. The molecular formula is C14H19NO4S. The summed E-state index contributed by atoms with van der Waals surface area (Å²) in [7, 11) is -2.19. The zero-order chi connectivity index (χ0) is 14.8. The molecule has 110 valence electrons. The lowest BCUT2D eigenvalue weighted by atomic mass is 10.1. The van der Waals surface area contributed by atoms with Crippen molar-refractivity contribution < 1.29 is 17.9 Å². The van der Waals surface area contributed by atoms with Gasteiger partial charge in [-0.3, -0.25) is 0 Å². The van der Waals surface area contributed by atoms with Crippen molar-refractivity contribution in [2.24, 2.45) is 0 Å². The summed E-state index contributed by atoms with van der Waals surface area (Å²) in [4.78, 5) is 11.6. The maximum absolute atomic E-state index is 12.6. The molecule has 5 nitrogen and oxygen atoms in total. The van der Waals surface area contributed by atoms with Crippen LogP contribution >= 0.6 is 0 Å². The molecule has 1 aromatic rings. The lowest BCUT2D eigenvalue weighted by molar-refractivity contribution is 0.0600. The lowest BCUT2D eigenvalue weighted by Gasteiger charge is -2.32. The number of benzene rings is 1. The minimum Gasteiger partial charge on any atom is -0.465 e. The summed E-state index contributed by atoms with van der Waals surface area (Å²) in [5.41, 5.74) is 0.346. The Labute approximate surface area is 119 Å². The number of carbonyl (C=O) groups excluding carboxylic acids is 1. The second-order valence-corrected chi connectivity index (χ2v) is 6.87. The van der Waals surface area contributed by atoms with Crippen molar-refractivity contribution in [1.29, 1.82) is 0 Å². The van der Waals surface area contributed by atoms with Gasteiger partial charge in [0.25, 0.3) is 0 Å². The first-order valence-corrected chi connectivity index (χ1v) is 8.11. The van der Waals surface area contributed by atoms with Crippen LogP contribution in [0.5, 0.6) is 0 Å². The third-order valence-electron chi connectivity index (χ3n) is 3.62. The summed E-state index contributed by atoms with van der Waals surface area (Å²) < 4.78 is 31.3. The van der Waals surface area contributed by atoms with Crippen molar-refractivity contribution in [2.45, 2.75) is 37.1 Å². The Morgan fingerprint density at radius 1 is 1.25 bits per heavy atom. The first-order valence-electron chi connectivity index (χ1n) is 6.67. The average Bonchev–Trinajstić information content (AvgIpc) is 2.47. The third-order valence-corrected chi connectivity index (χ3v) is 5.65. The molecule has 1 aliphatic heterocycles. The Hall–Kier alpha value is -1.40. The molecule has 1 atom stereocenters. The molecule has 0 aromatic heterocycles. The van der Waals surface area contributed by atoms with E-state index < -0.39 is 16.0 Å². The van der Waals surface area contributed by atoms with Gasteiger partial charge in [-0.1, -0.05) is 6.42 Å². The van der Waals surface area contributed by atoms with Gasteiger partial charge in [0.05, 0.1) is 17.6 Å². The molecule has 1 fully saturated rings. The molecule has 0 radical (unpaired) electrons. The number of hydrogen-bond donors (Lipinski definition) is 0. The van der Waals surface area contributed by atoms with Crippen molar-refractivity contribution in [3.8, 4) is 0 Å². The predicted octanol–water partition coefficient (Wildman–Crippen LogP) is 2.04. The van der Waals surface area contributed by atoms with Gasteiger partial charge in [-0.25, -0.2) is 13.2 Å². The number of nitrogens with zero attached hydrogens (tertiary/aromatic N) is 1. The Bertz CT molecular complexity index is 580. The first-order chi connectivity index (χ1) is 9.46. The molecule has 0 amide bonds. The summed E-state index contributed by atoms with van der Waals surface area (Å²) in [5.74, 6) is -0.472. The number of hydrogen-bond acceptors (Lipinski definition) is 4. The van der Waals surface area contributed by atoms with Gasteiger partial charge in [0.1, 0.15) is 0 Å². The highest BCUT2D eigenvalue weighted by molar-refractivity contribution is 7.89. The maximum atomic E-state index is 12.6. The fourth-order valence-electron chi connectivity index (χ4n) is 2.45. The van der Waals surface area contributed by atoms with E-state index in [1.807, 2.05) is 6.92 Å². The zero-order valence-electron chi connectivity index (χ0n) is 11.7. The summed E-state index contributed by atoms with van der Waals surface area (Å²) in [5, 5.41) is 0. The van der Waals surface area contributed by atoms with Crippen LogP contribution in [0, 0.1) is 0 Å². The first kappa shape index (κ1) is 15.0. The van der Waals surface area contributed by atoms with Crippen molar-refractivity contribution in [3.63, 3.8) is 0 Å². The molecule has 0 aliphatic carbocycles. The highest BCUT2D eigenvalue weighted by Crippen LogP contribution is 2.25. The third kappa shape index (κ3) is 2.86. The van der Waals surface area contributed by atoms with E-state index in [-0.39, 0.29) is 10.9 Å². The van der Waals surface area contributed by atoms with Gasteiger partial charge >= 0.3 is 5.97 Å². The standard InChI is InChI=1S/C14H19NO4S/c1-11-5-3-4-10-15(11)20(17,18)13-8-6-12(7-9-13)14(16)19-2/h6-9,11H,3-5,10H2,1-2H3/t11-/m1/s1. The minimum atomic E-state index is -3.48. The lowest BCUT2D eigenvalue weighted by Crippen LogP contribution is -2.41. The molecule has 2 rings (SSSR count). The van der Waals surface area contributed by atoms with Crippen LogP contribution in [0.1, 0.15) is 36.5 Å². The summed E-state index contributed by atoms with van der Waals surface area (Å²) in [6.07, 6.45) is 2.84. The predicted molar refractivity (Wildman–Crippen MR) is 75.0 cm³/mol. The molecule has 6 heteroatoms. The molecule has 0 spiro atoms. The number of piperidine rings is 1. The highest BCUT2D eigenvalue weighted by Gasteiger charge is 2.30. The van der Waals surface area contributed by atoms with E-state index in [1.54, 1.807) is 4.31 Å². The largest absolute Gasteiger partial charge is 0.465 e. The minimum absolute atomic E-state index is 0.0223. The van der Waals surface area contributed by atoms with Gasteiger partial charge in [0.15, 0.2) is 0 Å². The fourth-order valence-corrected chi connectivity index (χ4v) is 4.14. The molecular weight excluding hydrogens is 278 g/mol. The number of ether oxygens (including phenoxy) is 1. The van der Waals surface area contributed by atoms with E-state index in [1.165, 1.54) is 31.4 Å². The monoisotopic (exact) mass is 297 g/mol. The van der Waals surface area contributed by atoms with Crippen LogP contribution in [0.25, 0.3) is 0 Å². The molecule has 1 saturated heterocycles. The Kier molecular flexibility index (Phi) is 4.45. The van der Waals surface area contributed by atoms with Gasteiger partial charge in [0, 0.05) is 12.6 Å². The zero-order valence-corrected chi connectivity index (χ0v) is 12.5. The van der Waals surface area contributed by atoms with Crippen molar-refractivity contribution in [3.05, 3.63) is 29.8 Å². The second-order valence-electron chi connectivity index (χ2n) is 4.98. The molecule has 1 aromatic carbocycles. The Morgan fingerprint density at radius 2 is 1.90 bits per heavy atom. The van der Waals surface area contributed by atoms with Crippen LogP contribution in [0.15, 0.2) is 29.2 Å². The van der Waals surface area contributed by atoms with E-state index in [0.717, 1.165) is 19.3 Å². The molecule has 0 saturated carbocycles. The van der Waals surface area contributed by atoms with Crippen molar-refractivity contribution >= 4 is 16.0 Å². The van der Waals surface area contributed by atoms with Gasteiger partial charge in [-0.15, -0.1) is 0 Å². The molecule has 20 heavy (non-hydrogen) atoms. The quantitative estimate of drug-likeness (QED) is 0.801. The highest BCUT2D eigenvalue weighted by atomic mass is 32.2. The van der Waals surface area contributed by atoms with Gasteiger partial charge in [-0.05, 0) is 44.0 Å². The Balaban J connectivity index is 2.27. The van der Waals surface area contributed by atoms with Crippen LogP contribution in [-0.2, 0) is 14.8 Å². The number of rotatable bonds is 3. The smallest absolute Gasteiger partial charge is 0.337 e. The van der Waals surface area contributed by atoms with E-state index >= 15 is 0 Å². The van der Waals surface area contributed by atoms with E-state index in [9.17, 15) is 13.2 Å². The number of methoxy groups -OCH3 is 1. The van der Waals surface area contributed by atoms with Crippen LogP contribution in [0.2, 0.25) is 0 Å². The van der Waals surface area contributed by atoms with Crippen LogP contribution in [0.4, 0.5) is 0 Å². The Morgan fingerprint density at radius 3 is 2.45 bits per heavy atom. The number of esters is 1. The number of sulfonamides is 1. The van der Waals surface area contributed by atoms with Gasteiger partial charge in [0.2, 0.25) is 10.0 Å². The molecule has 1 aliphatic rings. The van der Waals surface area contributed by atoms with Crippen molar-refractivity contribution in [2.75, 3.05) is 13.7 Å². The molecule has 0 N–H and O–H groups in total. The topological polar surface area (TPSA) is 63.7 Å². The van der Waals surface area contributed by atoms with Crippen LogP contribution in [-0.4, -0.2) is 38.4 Å².